The van der Waals surface area contributed by atoms with Gasteiger partial charge >= 0.3 is 0 Å². The molecule has 116 valence electrons. The van der Waals surface area contributed by atoms with Crippen LogP contribution in [0.3, 0.4) is 0 Å². The van der Waals surface area contributed by atoms with Crippen molar-refractivity contribution in [1.29, 1.82) is 0 Å². The van der Waals surface area contributed by atoms with Crippen LogP contribution < -0.4 is 0 Å². The lowest BCUT2D eigenvalue weighted by atomic mass is 10.1. The molecule has 0 aromatic rings. The van der Waals surface area contributed by atoms with Gasteiger partial charge in [0.25, 0.3) is 0 Å². The summed E-state index contributed by atoms with van der Waals surface area (Å²) in [4.78, 5) is 0. The number of rotatable bonds is 14. The Balaban J connectivity index is 3.03. The zero-order chi connectivity index (χ0) is 14.3. The lowest BCUT2D eigenvalue weighted by Crippen LogP contribution is -2.01. The Morgan fingerprint density at radius 3 is 1.79 bits per heavy atom. The van der Waals surface area contributed by atoms with Crippen LogP contribution >= 0.6 is 23.5 Å². The Hall–Kier alpha value is 0.660. The molecule has 0 fully saturated rings. The molecule has 0 aromatic heterocycles. The van der Waals surface area contributed by atoms with E-state index in [4.69, 9.17) is 5.11 Å². The molecule has 0 bridgehead atoms. The molecule has 0 aliphatic carbocycles. The maximum absolute atomic E-state index is 8.92. The van der Waals surface area contributed by atoms with Gasteiger partial charge in [0.1, 0.15) is 0 Å². The molecule has 0 aliphatic rings. The Kier molecular flexibility index (Phi) is 15.6. The van der Waals surface area contributed by atoms with Crippen LogP contribution in [-0.4, -0.2) is 34.7 Å². The quantitative estimate of drug-likeness (QED) is 0.452. The van der Waals surface area contributed by atoms with Crippen molar-refractivity contribution in [1.82, 2.24) is 0 Å². The van der Waals surface area contributed by atoms with Gasteiger partial charge in [-0.2, -0.15) is 23.5 Å². The summed E-state index contributed by atoms with van der Waals surface area (Å²) in [6.45, 7) is 7.11. The monoisotopic (exact) mass is 306 g/mol. The van der Waals surface area contributed by atoms with E-state index >= 15 is 0 Å². The van der Waals surface area contributed by atoms with Crippen LogP contribution in [0.1, 0.15) is 59.3 Å². The van der Waals surface area contributed by atoms with E-state index in [1.807, 2.05) is 0 Å². The number of unbranched alkanes of at least 4 members (excludes halogenated alkanes) is 2. The first-order valence-electron chi connectivity index (χ1n) is 7.97. The average molecular weight is 307 g/mol. The molecule has 2 unspecified atom stereocenters. The van der Waals surface area contributed by atoms with E-state index < -0.39 is 0 Å². The summed E-state index contributed by atoms with van der Waals surface area (Å²) < 4.78 is 0. The van der Waals surface area contributed by atoms with E-state index in [1.54, 1.807) is 0 Å². The van der Waals surface area contributed by atoms with Crippen LogP contribution in [0.5, 0.6) is 0 Å². The lowest BCUT2D eigenvalue weighted by Gasteiger charge is -2.08. The second-order valence-electron chi connectivity index (χ2n) is 5.66. The molecule has 3 heteroatoms. The molecule has 19 heavy (non-hydrogen) atoms. The summed E-state index contributed by atoms with van der Waals surface area (Å²) in [5, 5.41) is 8.92. The van der Waals surface area contributed by atoms with Crippen molar-refractivity contribution in [3.05, 3.63) is 0 Å². The summed E-state index contributed by atoms with van der Waals surface area (Å²) >= 11 is 4.19. The summed E-state index contributed by atoms with van der Waals surface area (Å²) in [7, 11) is 0. The van der Waals surface area contributed by atoms with Crippen LogP contribution in [-0.2, 0) is 0 Å². The maximum Gasteiger partial charge on any atom is 0.0456 e. The zero-order valence-corrected chi connectivity index (χ0v) is 14.8. The van der Waals surface area contributed by atoms with Crippen LogP contribution in [0.4, 0.5) is 0 Å². The third-order valence-electron chi connectivity index (χ3n) is 3.60. The normalized spacial score (nSPS) is 14.5. The highest BCUT2D eigenvalue weighted by Crippen LogP contribution is 2.15. The van der Waals surface area contributed by atoms with Crippen molar-refractivity contribution >= 4 is 23.5 Å². The minimum atomic E-state index is 0.342. The minimum absolute atomic E-state index is 0.342. The highest BCUT2D eigenvalue weighted by atomic mass is 32.2. The predicted octanol–water partition coefficient (Wildman–Crippen LogP) is 5.08. The molecule has 1 nitrogen and oxygen atoms in total. The summed E-state index contributed by atoms with van der Waals surface area (Å²) in [6, 6.07) is 0. The van der Waals surface area contributed by atoms with Crippen molar-refractivity contribution in [2.75, 3.05) is 29.6 Å². The minimum Gasteiger partial charge on any atom is -0.396 e. The first kappa shape index (κ1) is 19.7. The number of hydrogen-bond acceptors (Lipinski definition) is 3. The van der Waals surface area contributed by atoms with E-state index in [0.29, 0.717) is 12.5 Å². The molecular weight excluding hydrogens is 272 g/mol. The summed E-state index contributed by atoms with van der Waals surface area (Å²) in [5.41, 5.74) is 0. The van der Waals surface area contributed by atoms with Gasteiger partial charge < -0.3 is 5.11 Å². The maximum atomic E-state index is 8.92. The topological polar surface area (TPSA) is 20.2 Å². The summed E-state index contributed by atoms with van der Waals surface area (Å²) in [6.07, 6.45) is 8.02. The van der Waals surface area contributed by atoms with Crippen molar-refractivity contribution in [2.45, 2.75) is 59.3 Å². The molecule has 0 spiro atoms. The Morgan fingerprint density at radius 2 is 1.32 bits per heavy atom. The molecular formula is C16H34OS2. The van der Waals surface area contributed by atoms with Gasteiger partial charge in [-0.1, -0.05) is 33.6 Å². The van der Waals surface area contributed by atoms with Gasteiger partial charge in [0.2, 0.25) is 0 Å². The number of aliphatic hydroxyl groups is 1. The van der Waals surface area contributed by atoms with Crippen molar-refractivity contribution < 1.29 is 5.11 Å². The van der Waals surface area contributed by atoms with Gasteiger partial charge in [0, 0.05) is 6.61 Å². The number of aliphatic hydroxyl groups excluding tert-OH is 1. The van der Waals surface area contributed by atoms with Crippen LogP contribution in [0, 0.1) is 11.8 Å². The molecule has 0 aliphatic heterocycles. The Bertz CT molecular complexity index is 158. The van der Waals surface area contributed by atoms with Crippen LogP contribution in [0.25, 0.3) is 0 Å². The molecule has 0 saturated heterocycles. The zero-order valence-electron chi connectivity index (χ0n) is 13.2. The van der Waals surface area contributed by atoms with E-state index in [9.17, 15) is 0 Å². The van der Waals surface area contributed by atoms with Gasteiger partial charge in [0.15, 0.2) is 0 Å². The van der Waals surface area contributed by atoms with Crippen LogP contribution in [0.2, 0.25) is 0 Å². The Labute approximate surface area is 129 Å². The highest BCUT2D eigenvalue weighted by Gasteiger charge is 2.00. The fourth-order valence-corrected chi connectivity index (χ4v) is 4.02. The lowest BCUT2D eigenvalue weighted by molar-refractivity contribution is 0.235. The summed E-state index contributed by atoms with van der Waals surface area (Å²) in [5.74, 6) is 6.60. The number of hydrogen-bond donors (Lipinski definition) is 1. The van der Waals surface area contributed by atoms with Gasteiger partial charge in [-0.25, -0.2) is 0 Å². The molecule has 0 heterocycles. The van der Waals surface area contributed by atoms with Gasteiger partial charge in [-0.15, -0.1) is 0 Å². The Morgan fingerprint density at radius 1 is 0.789 bits per heavy atom. The third-order valence-corrected chi connectivity index (χ3v) is 5.80. The molecule has 2 atom stereocenters. The smallest absolute Gasteiger partial charge is 0.0456 e. The van der Waals surface area contributed by atoms with Crippen molar-refractivity contribution in [2.24, 2.45) is 11.8 Å². The molecule has 1 N–H and O–H groups in total. The number of thioether (sulfide) groups is 2. The molecule has 0 radical (unpaired) electrons. The van der Waals surface area contributed by atoms with Gasteiger partial charge in [-0.3, -0.25) is 0 Å². The van der Waals surface area contributed by atoms with Gasteiger partial charge in [0.05, 0.1) is 0 Å². The molecule has 0 rings (SSSR count). The third kappa shape index (κ3) is 14.9. The van der Waals surface area contributed by atoms with Gasteiger partial charge in [-0.05, 0) is 60.5 Å². The van der Waals surface area contributed by atoms with E-state index in [-0.39, 0.29) is 0 Å². The fourth-order valence-electron chi connectivity index (χ4n) is 1.65. The van der Waals surface area contributed by atoms with Crippen molar-refractivity contribution in [3.63, 3.8) is 0 Å². The second kappa shape index (κ2) is 15.1. The fraction of sp³-hybridized carbons (Fsp3) is 1.00. The average Bonchev–Trinajstić information content (AvgIpc) is 2.43. The largest absolute Gasteiger partial charge is 0.396 e. The highest BCUT2D eigenvalue weighted by molar-refractivity contribution is 7.99. The first-order chi connectivity index (χ1) is 9.20. The van der Waals surface area contributed by atoms with E-state index in [2.05, 4.69) is 44.3 Å². The molecule has 0 amide bonds. The SMILES string of the molecule is CCC(C)CCSCCCCCSCCC(C)CO. The molecule has 0 aromatic carbocycles. The second-order valence-corrected chi connectivity index (χ2v) is 8.11. The first-order valence-corrected chi connectivity index (χ1v) is 10.3. The van der Waals surface area contributed by atoms with E-state index in [1.165, 1.54) is 55.1 Å². The van der Waals surface area contributed by atoms with E-state index in [0.717, 1.165) is 12.3 Å². The standard InChI is InChI=1S/C16H34OS2/c1-4-15(2)8-12-18-10-6-5-7-11-19-13-9-16(3)14-17/h15-17H,4-14H2,1-3H3. The van der Waals surface area contributed by atoms with Crippen LogP contribution in [0.15, 0.2) is 0 Å². The van der Waals surface area contributed by atoms with Crippen molar-refractivity contribution in [3.8, 4) is 0 Å². The molecule has 0 saturated carbocycles. The predicted molar refractivity (Wildman–Crippen MR) is 93.4 cm³/mol.